The van der Waals surface area contributed by atoms with E-state index in [-0.39, 0.29) is 11.8 Å². The number of carbonyl (C=O) groups excluding carboxylic acids is 1. The number of nitrogens with zero attached hydrogens (tertiary/aromatic N) is 3. The Kier molecular flexibility index (Phi) is 7.10. The lowest BCUT2D eigenvalue weighted by atomic mass is 9.79. The predicted octanol–water partition coefficient (Wildman–Crippen LogP) is 2.77. The van der Waals surface area contributed by atoms with E-state index in [1.807, 2.05) is 53.4 Å². The molecule has 6 heteroatoms. The van der Waals surface area contributed by atoms with Gasteiger partial charge >= 0.3 is 0 Å². The number of benzene rings is 2. The summed E-state index contributed by atoms with van der Waals surface area (Å²) in [6.07, 6.45) is 4.76. The first-order valence-corrected chi connectivity index (χ1v) is 11.7. The smallest absolute Gasteiger partial charge is 0.259 e. The number of piperazine rings is 1. The summed E-state index contributed by atoms with van der Waals surface area (Å²) in [5.41, 5.74) is 6.74. The molecule has 0 radical (unpaired) electrons. The second-order valence-electron chi connectivity index (χ2n) is 8.87. The summed E-state index contributed by atoms with van der Waals surface area (Å²) in [5.74, 6) is 0.331. The van der Waals surface area contributed by atoms with Gasteiger partial charge < -0.3 is 20.6 Å². The maximum absolute atomic E-state index is 13.6. The lowest BCUT2D eigenvalue weighted by Crippen LogP contribution is -2.58. The van der Waals surface area contributed by atoms with Gasteiger partial charge in [-0.25, -0.2) is 0 Å². The van der Waals surface area contributed by atoms with E-state index in [2.05, 4.69) is 17.1 Å². The second-order valence-corrected chi connectivity index (χ2v) is 8.87. The first kappa shape index (κ1) is 22.3. The maximum atomic E-state index is 13.6. The van der Waals surface area contributed by atoms with Gasteiger partial charge in [-0.05, 0) is 30.4 Å². The molecule has 2 aromatic carbocycles. The molecule has 2 aromatic rings. The Morgan fingerprint density at radius 3 is 2.12 bits per heavy atom. The van der Waals surface area contributed by atoms with Gasteiger partial charge in [-0.1, -0.05) is 73.5 Å². The van der Waals surface area contributed by atoms with Crippen molar-refractivity contribution in [2.45, 2.75) is 37.7 Å². The second kappa shape index (κ2) is 10.2. The van der Waals surface area contributed by atoms with Gasteiger partial charge in [0.25, 0.3) is 5.91 Å². The Morgan fingerprint density at radius 2 is 1.50 bits per heavy atom. The van der Waals surface area contributed by atoms with Crippen molar-refractivity contribution in [2.75, 3.05) is 32.7 Å². The SMILES string of the molecule is NC(=NCCc1ccccc1)N1CCN(C(=O)C(O)(c2ccccc2)C2CCCC2)CC1. The van der Waals surface area contributed by atoms with Gasteiger partial charge in [-0.3, -0.25) is 9.79 Å². The molecule has 1 amide bonds. The molecule has 2 aliphatic rings. The largest absolute Gasteiger partial charge is 0.375 e. The average Bonchev–Trinajstić information content (AvgIpc) is 3.40. The summed E-state index contributed by atoms with van der Waals surface area (Å²) in [6.45, 7) is 2.97. The van der Waals surface area contributed by atoms with E-state index < -0.39 is 5.60 Å². The summed E-state index contributed by atoms with van der Waals surface area (Å²) < 4.78 is 0. The lowest BCUT2D eigenvalue weighted by Gasteiger charge is -2.41. The number of aliphatic imine (C=N–C) groups is 1. The van der Waals surface area contributed by atoms with Crippen LogP contribution in [-0.2, 0) is 16.8 Å². The van der Waals surface area contributed by atoms with Crippen molar-refractivity contribution >= 4 is 11.9 Å². The fraction of sp³-hybridized carbons (Fsp3) is 0.462. The lowest BCUT2D eigenvalue weighted by molar-refractivity contribution is -0.160. The molecule has 3 N–H and O–H groups in total. The molecular formula is C26H34N4O2. The van der Waals surface area contributed by atoms with Crippen LogP contribution in [0.3, 0.4) is 0 Å². The minimum Gasteiger partial charge on any atom is -0.375 e. The molecule has 0 bridgehead atoms. The van der Waals surface area contributed by atoms with E-state index in [0.29, 0.717) is 44.2 Å². The van der Waals surface area contributed by atoms with Crippen molar-refractivity contribution in [3.63, 3.8) is 0 Å². The van der Waals surface area contributed by atoms with Crippen LogP contribution in [0, 0.1) is 5.92 Å². The summed E-state index contributed by atoms with van der Waals surface area (Å²) >= 11 is 0. The number of hydrogen-bond acceptors (Lipinski definition) is 3. The number of aliphatic hydroxyl groups is 1. The molecule has 1 heterocycles. The van der Waals surface area contributed by atoms with Crippen molar-refractivity contribution in [1.82, 2.24) is 9.80 Å². The Labute approximate surface area is 190 Å². The molecular weight excluding hydrogens is 400 g/mol. The minimum absolute atomic E-state index is 0.0277. The first-order valence-electron chi connectivity index (χ1n) is 11.7. The number of nitrogens with two attached hydrogens (primary N) is 1. The molecule has 32 heavy (non-hydrogen) atoms. The fourth-order valence-electron chi connectivity index (χ4n) is 4.99. The van der Waals surface area contributed by atoms with Crippen LogP contribution in [0.15, 0.2) is 65.7 Å². The molecule has 1 unspecified atom stereocenters. The summed E-state index contributed by atoms with van der Waals surface area (Å²) in [7, 11) is 0. The van der Waals surface area contributed by atoms with Gasteiger partial charge in [0.2, 0.25) is 0 Å². The van der Waals surface area contributed by atoms with Gasteiger partial charge in [0.15, 0.2) is 11.6 Å². The third-order valence-corrected chi connectivity index (χ3v) is 6.89. The van der Waals surface area contributed by atoms with Gasteiger partial charge in [-0.15, -0.1) is 0 Å². The highest BCUT2D eigenvalue weighted by Gasteiger charge is 2.48. The van der Waals surface area contributed by atoms with Crippen LogP contribution in [-0.4, -0.2) is 59.5 Å². The number of guanidine groups is 1. The van der Waals surface area contributed by atoms with Crippen LogP contribution in [0.1, 0.15) is 36.8 Å². The first-order chi connectivity index (χ1) is 15.6. The van der Waals surface area contributed by atoms with Crippen LogP contribution in [0.2, 0.25) is 0 Å². The zero-order valence-corrected chi connectivity index (χ0v) is 18.7. The van der Waals surface area contributed by atoms with E-state index >= 15 is 0 Å². The highest BCUT2D eigenvalue weighted by atomic mass is 16.3. The molecule has 1 aliphatic carbocycles. The van der Waals surface area contributed by atoms with Crippen molar-refractivity contribution in [3.05, 3.63) is 71.8 Å². The Balaban J connectivity index is 1.38. The normalized spacial score (nSPS) is 19.7. The van der Waals surface area contributed by atoms with Crippen molar-refractivity contribution in [2.24, 2.45) is 16.6 Å². The third-order valence-electron chi connectivity index (χ3n) is 6.89. The number of carbonyl (C=O) groups is 1. The van der Waals surface area contributed by atoms with Crippen LogP contribution in [0.25, 0.3) is 0 Å². The van der Waals surface area contributed by atoms with Gasteiger partial charge in [0.1, 0.15) is 0 Å². The fourth-order valence-corrected chi connectivity index (χ4v) is 4.99. The van der Waals surface area contributed by atoms with Gasteiger partial charge in [0, 0.05) is 38.6 Å². The van der Waals surface area contributed by atoms with Crippen molar-refractivity contribution in [3.8, 4) is 0 Å². The number of amides is 1. The number of rotatable bonds is 6. The van der Waals surface area contributed by atoms with E-state index in [0.717, 1.165) is 32.1 Å². The predicted molar refractivity (Wildman–Crippen MR) is 127 cm³/mol. The molecule has 2 fully saturated rings. The van der Waals surface area contributed by atoms with Crippen LogP contribution < -0.4 is 5.73 Å². The molecule has 1 saturated carbocycles. The minimum atomic E-state index is -1.45. The van der Waals surface area contributed by atoms with E-state index in [9.17, 15) is 9.90 Å². The van der Waals surface area contributed by atoms with Gasteiger partial charge in [0.05, 0.1) is 0 Å². The molecule has 4 rings (SSSR count). The average molecular weight is 435 g/mol. The van der Waals surface area contributed by atoms with Crippen LogP contribution >= 0.6 is 0 Å². The molecule has 0 spiro atoms. The Bertz CT molecular complexity index is 904. The van der Waals surface area contributed by atoms with Crippen LogP contribution in [0.4, 0.5) is 0 Å². The van der Waals surface area contributed by atoms with E-state index in [1.54, 1.807) is 4.90 Å². The molecule has 6 nitrogen and oxygen atoms in total. The monoisotopic (exact) mass is 434 g/mol. The zero-order chi connectivity index (χ0) is 22.4. The molecule has 170 valence electrons. The van der Waals surface area contributed by atoms with Gasteiger partial charge in [-0.2, -0.15) is 0 Å². The molecule has 1 atom stereocenters. The summed E-state index contributed by atoms with van der Waals surface area (Å²) in [4.78, 5) is 22.0. The number of hydrogen-bond donors (Lipinski definition) is 2. The standard InChI is InChI=1S/C26H34N4O2/c27-25(28-16-15-21-9-3-1-4-10-21)30-19-17-29(18-20-30)24(31)26(32,23-13-7-8-14-23)22-11-5-2-6-12-22/h1-6,9-12,23,32H,7-8,13-20H2,(H2,27,28). The van der Waals surface area contributed by atoms with Crippen molar-refractivity contribution < 1.29 is 9.90 Å². The zero-order valence-electron chi connectivity index (χ0n) is 18.7. The highest BCUT2D eigenvalue weighted by Crippen LogP contribution is 2.42. The molecule has 1 saturated heterocycles. The topological polar surface area (TPSA) is 82.2 Å². The molecule has 1 aliphatic heterocycles. The van der Waals surface area contributed by atoms with Crippen molar-refractivity contribution in [1.29, 1.82) is 0 Å². The quantitative estimate of drug-likeness (QED) is 0.541. The summed E-state index contributed by atoms with van der Waals surface area (Å²) in [6, 6.07) is 19.7. The van der Waals surface area contributed by atoms with Crippen LogP contribution in [0.5, 0.6) is 0 Å². The third kappa shape index (κ3) is 4.80. The Hall–Kier alpha value is -2.86. The highest BCUT2D eigenvalue weighted by molar-refractivity contribution is 5.87. The summed E-state index contributed by atoms with van der Waals surface area (Å²) in [5, 5.41) is 11.7. The van der Waals surface area contributed by atoms with E-state index in [4.69, 9.17) is 5.73 Å². The molecule has 0 aromatic heterocycles. The Morgan fingerprint density at radius 1 is 0.938 bits per heavy atom. The maximum Gasteiger partial charge on any atom is 0.259 e. The van der Waals surface area contributed by atoms with E-state index in [1.165, 1.54) is 5.56 Å².